The van der Waals surface area contributed by atoms with Gasteiger partial charge in [-0.3, -0.25) is 4.98 Å². The molecule has 0 radical (unpaired) electrons. The summed E-state index contributed by atoms with van der Waals surface area (Å²) in [5.74, 6) is 0.700. The van der Waals surface area contributed by atoms with Crippen LogP contribution in [-0.4, -0.2) is 4.98 Å². The fourth-order valence-electron chi connectivity index (χ4n) is 2.86. The van der Waals surface area contributed by atoms with Gasteiger partial charge in [0.05, 0.1) is 11.7 Å². The lowest BCUT2D eigenvalue weighted by atomic mass is 9.77. The molecule has 2 nitrogen and oxygen atoms in total. The van der Waals surface area contributed by atoms with Crippen LogP contribution in [0.4, 0.5) is 0 Å². The number of nitrogens with two attached hydrogens (primary N) is 1. The summed E-state index contributed by atoms with van der Waals surface area (Å²) >= 11 is 0. The summed E-state index contributed by atoms with van der Waals surface area (Å²) in [6, 6.07) is 12.5. The molecule has 1 aromatic carbocycles. The Hall–Kier alpha value is -1.67. The van der Waals surface area contributed by atoms with Crippen molar-refractivity contribution in [3.05, 3.63) is 65.0 Å². The number of aromatic nitrogens is 1. The molecule has 2 N–H and O–H groups in total. The maximum absolute atomic E-state index is 6.47. The molecule has 1 atom stereocenters. The van der Waals surface area contributed by atoms with Crippen LogP contribution in [0.5, 0.6) is 0 Å². The molecule has 0 spiro atoms. The van der Waals surface area contributed by atoms with Crippen molar-refractivity contribution in [2.75, 3.05) is 0 Å². The quantitative estimate of drug-likeness (QED) is 0.904. The Morgan fingerprint density at radius 2 is 1.95 bits per heavy atom. The second-order valence-corrected chi connectivity index (χ2v) is 5.44. The zero-order valence-electron chi connectivity index (χ0n) is 11.3. The number of pyridine rings is 1. The molecule has 19 heavy (non-hydrogen) atoms. The molecule has 3 rings (SSSR count). The van der Waals surface area contributed by atoms with Gasteiger partial charge in [0, 0.05) is 6.20 Å². The Balaban J connectivity index is 2.00. The van der Waals surface area contributed by atoms with E-state index in [0.717, 1.165) is 5.69 Å². The highest BCUT2D eigenvalue weighted by Crippen LogP contribution is 2.40. The van der Waals surface area contributed by atoms with E-state index < -0.39 is 0 Å². The molecule has 0 saturated heterocycles. The molecule has 98 valence electrons. The van der Waals surface area contributed by atoms with Crippen LogP contribution in [0, 0.1) is 6.92 Å². The van der Waals surface area contributed by atoms with E-state index in [0.29, 0.717) is 5.92 Å². The van der Waals surface area contributed by atoms with Crippen LogP contribution in [0.25, 0.3) is 0 Å². The van der Waals surface area contributed by atoms with Crippen molar-refractivity contribution in [2.24, 2.45) is 5.73 Å². The molecular weight excluding hydrogens is 232 g/mol. The Bertz CT molecular complexity index is 573. The maximum Gasteiger partial charge on any atom is 0.0731 e. The average molecular weight is 252 g/mol. The summed E-state index contributed by atoms with van der Waals surface area (Å²) in [6.07, 6.45) is 5.76. The van der Waals surface area contributed by atoms with Crippen LogP contribution in [-0.2, 0) is 0 Å². The molecule has 0 aliphatic heterocycles. The van der Waals surface area contributed by atoms with E-state index in [-0.39, 0.29) is 6.04 Å². The van der Waals surface area contributed by atoms with Gasteiger partial charge in [0.15, 0.2) is 0 Å². The molecule has 1 fully saturated rings. The Morgan fingerprint density at radius 3 is 2.63 bits per heavy atom. The normalized spacial score (nSPS) is 16.9. The SMILES string of the molecule is Cc1cccnc1C(N)c1ccccc1C1CCC1. The summed E-state index contributed by atoms with van der Waals surface area (Å²) in [7, 11) is 0. The van der Waals surface area contributed by atoms with Gasteiger partial charge in [0.25, 0.3) is 0 Å². The number of nitrogens with zero attached hydrogens (tertiary/aromatic N) is 1. The first-order valence-corrected chi connectivity index (χ1v) is 7.03. The summed E-state index contributed by atoms with van der Waals surface area (Å²) in [5, 5.41) is 0. The van der Waals surface area contributed by atoms with Crippen molar-refractivity contribution in [3.8, 4) is 0 Å². The molecule has 0 amide bonds. The first-order valence-electron chi connectivity index (χ1n) is 7.03. The van der Waals surface area contributed by atoms with Crippen LogP contribution in [0.2, 0.25) is 0 Å². The van der Waals surface area contributed by atoms with E-state index in [1.807, 2.05) is 12.3 Å². The molecule has 1 heterocycles. The second-order valence-electron chi connectivity index (χ2n) is 5.44. The summed E-state index contributed by atoms with van der Waals surface area (Å²) in [6.45, 7) is 2.08. The van der Waals surface area contributed by atoms with E-state index in [9.17, 15) is 0 Å². The molecule has 1 saturated carbocycles. The summed E-state index contributed by atoms with van der Waals surface area (Å²) in [5.41, 5.74) is 11.3. The largest absolute Gasteiger partial charge is 0.319 e. The lowest BCUT2D eigenvalue weighted by Gasteiger charge is -2.29. The van der Waals surface area contributed by atoms with E-state index in [1.165, 1.54) is 36.0 Å². The fraction of sp³-hybridized carbons (Fsp3) is 0.353. The van der Waals surface area contributed by atoms with Gasteiger partial charge in [-0.2, -0.15) is 0 Å². The Kier molecular flexibility index (Phi) is 3.34. The highest BCUT2D eigenvalue weighted by Gasteiger charge is 2.25. The lowest BCUT2D eigenvalue weighted by Crippen LogP contribution is -2.20. The number of benzene rings is 1. The summed E-state index contributed by atoms with van der Waals surface area (Å²) < 4.78 is 0. The van der Waals surface area contributed by atoms with Gasteiger partial charge in [0.2, 0.25) is 0 Å². The van der Waals surface area contributed by atoms with Crippen molar-refractivity contribution < 1.29 is 0 Å². The predicted molar refractivity (Wildman–Crippen MR) is 78.0 cm³/mol. The first-order chi connectivity index (χ1) is 9.27. The number of hydrogen-bond donors (Lipinski definition) is 1. The monoisotopic (exact) mass is 252 g/mol. The highest BCUT2D eigenvalue weighted by atomic mass is 14.8. The predicted octanol–water partition coefficient (Wildman–Crippen LogP) is 3.71. The minimum Gasteiger partial charge on any atom is -0.319 e. The van der Waals surface area contributed by atoms with Crippen molar-refractivity contribution >= 4 is 0 Å². The van der Waals surface area contributed by atoms with Gasteiger partial charge < -0.3 is 5.73 Å². The van der Waals surface area contributed by atoms with Gasteiger partial charge in [-0.15, -0.1) is 0 Å². The van der Waals surface area contributed by atoms with Gasteiger partial charge in [-0.25, -0.2) is 0 Å². The van der Waals surface area contributed by atoms with Gasteiger partial charge >= 0.3 is 0 Å². The highest BCUT2D eigenvalue weighted by molar-refractivity contribution is 5.39. The molecule has 0 bridgehead atoms. The molecule has 1 aromatic heterocycles. The first kappa shape index (κ1) is 12.4. The molecule has 2 aromatic rings. The third kappa shape index (κ3) is 2.28. The molecule has 2 heteroatoms. The minimum absolute atomic E-state index is 0.113. The van der Waals surface area contributed by atoms with Crippen molar-refractivity contribution in [1.29, 1.82) is 0 Å². The van der Waals surface area contributed by atoms with Gasteiger partial charge in [0.1, 0.15) is 0 Å². The van der Waals surface area contributed by atoms with Crippen LogP contribution in [0.1, 0.15) is 53.6 Å². The Labute approximate surface area is 114 Å². The van der Waals surface area contributed by atoms with Gasteiger partial charge in [-0.1, -0.05) is 36.8 Å². The number of aryl methyl sites for hydroxylation is 1. The average Bonchev–Trinajstić information content (AvgIpc) is 2.37. The van der Waals surface area contributed by atoms with E-state index in [4.69, 9.17) is 5.73 Å². The van der Waals surface area contributed by atoms with Crippen molar-refractivity contribution in [3.63, 3.8) is 0 Å². The molecule has 1 aliphatic carbocycles. The standard InChI is InChI=1S/C17H20N2/c1-12-6-5-11-19-17(12)16(18)15-10-3-2-9-14(15)13-7-4-8-13/h2-3,5-6,9-11,13,16H,4,7-8,18H2,1H3. The minimum atomic E-state index is -0.113. The third-order valence-electron chi connectivity index (χ3n) is 4.22. The smallest absolute Gasteiger partial charge is 0.0731 e. The zero-order chi connectivity index (χ0) is 13.2. The van der Waals surface area contributed by atoms with Crippen LogP contribution < -0.4 is 5.73 Å². The second kappa shape index (κ2) is 5.14. The third-order valence-corrected chi connectivity index (χ3v) is 4.22. The maximum atomic E-state index is 6.47. The molecular formula is C17H20N2. The van der Waals surface area contributed by atoms with E-state index >= 15 is 0 Å². The van der Waals surface area contributed by atoms with E-state index in [1.54, 1.807) is 0 Å². The van der Waals surface area contributed by atoms with E-state index in [2.05, 4.69) is 42.2 Å². The van der Waals surface area contributed by atoms with Crippen LogP contribution in [0.3, 0.4) is 0 Å². The zero-order valence-corrected chi connectivity index (χ0v) is 11.3. The Morgan fingerprint density at radius 1 is 1.16 bits per heavy atom. The summed E-state index contributed by atoms with van der Waals surface area (Å²) in [4.78, 5) is 4.47. The van der Waals surface area contributed by atoms with Crippen molar-refractivity contribution in [2.45, 2.75) is 38.1 Å². The van der Waals surface area contributed by atoms with Crippen LogP contribution in [0.15, 0.2) is 42.6 Å². The topological polar surface area (TPSA) is 38.9 Å². The fourth-order valence-corrected chi connectivity index (χ4v) is 2.86. The molecule has 1 aliphatic rings. The number of hydrogen-bond acceptors (Lipinski definition) is 2. The van der Waals surface area contributed by atoms with Gasteiger partial charge in [-0.05, 0) is 48.4 Å². The number of rotatable bonds is 3. The lowest BCUT2D eigenvalue weighted by molar-refractivity contribution is 0.416. The van der Waals surface area contributed by atoms with Crippen molar-refractivity contribution in [1.82, 2.24) is 4.98 Å². The van der Waals surface area contributed by atoms with Crippen LogP contribution >= 0.6 is 0 Å². The molecule has 1 unspecified atom stereocenters.